The molecule has 3 aromatic rings. The summed E-state index contributed by atoms with van der Waals surface area (Å²) in [4.78, 5) is 31.8. The minimum Gasteiger partial charge on any atom is -0.507 e. The number of benzene rings is 2. The number of ether oxygens (including phenoxy) is 1. The van der Waals surface area contributed by atoms with Crippen molar-refractivity contribution in [3.63, 3.8) is 0 Å². The van der Waals surface area contributed by atoms with Gasteiger partial charge in [0.2, 0.25) is 0 Å². The van der Waals surface area contributed by atoms with Gasteiger partial charge in [0.1, 0.15) is 11.5 Å². The third-order valence-electron chi connectivity index (χ3n) is 5.51. The molecule has 162 valence electrons. The summed E-state index contributed by atoms with van der Waals surface area (Å²) in [5, 5.41) is 11.8. The highest BCUT2D eigenvalue weighted by molar-refractivity contribution is 6.51. The summed E-state index contributed by atoms with van der Waals surface area (Å²) >= 11 is 6.31. The molecule has 2 heterocycles. The van der Waals surface area contributed by atoms with Crippen molar-refractivity contribution in [3.8, 4) is 5.75 Å². The molecule has 7 heteroatoms. The molecule has 1 aliphatic rings. The number of hydrogen-bond donors (Lipinski definition) is 1. The number of amides is 1. The fraction of sp³-hybridized carbons (Fsp3) is 0.160. The smallest absolute Gasteiger partial charge is 0.300 e. The van der Waals surface area contributed by atoms with Gasteiger partial charge in [0.25, 0.3) is 11.7 Å². The molecule has 1 aromatic heterocycles. The van der Waals surface area contributed by atoms with Gasteiger partial charge < -0.3 is 9.84 Å². The summed E-state index contributed by atoms with van der Waals surface area (Å²) in [7, 11) is 1.48. The fourth-order valence-corrected chi connectivity index (χ4v) is 4.02. The van der Waals surface area contributed by atoms with Gasteiger partial charge in [-0.25, -0.2) is 0 Å². The molecule has 1 unspecified atom stereocenters. The van der Waals surface area contributed by atoms with Gasteiger partial charge in [-0.05, 0) is 61.4 Å². The fourth-order valence-electron chi connectivity index (χ4n) is 3.84. The van der Waals surface area contributed by atoms with Crippen LogP contribution in [0.15, 0.2) is 66.5 Å². The number of aliphatic hydroxyl groups excluding tert-OH is 1. The summed E-state index contributed by atoms with van der Waals surface area (Å²) < 4.78 is 5.39. The quantitative estimate of drug-likeness (QED) is 0.345. The van der Waals surface area contributed by atoms with E-state index in [9.17, 15) is 14.7 Å². The van der Waals surface area contributed by atoms with Gasteiger partial charge in [-0.3, -0.25) is 19.5 Å². The van der Waals surface area contributed by atoms with Gasteiger partial charge in [0.05, 0.1) is 24.3 Å². The van der Waals surface area contributed by atoms with Crippen molar-refractivity contribution in [2.45, 2.75) is 19.9 Å². The van der Waals surface area contributed by atoms with Gasteiger partial charge in [-0.1, -0.05) is 29.3 Å². The van der Waals surface area contributed by atoms with E-state index in [1.165, 1.54) is 12.0 Å². The number of ketones is 1. The largest absolute Gasteiger partial charge is 0.507 e. The third-order valence-corrected chi connectivity index (χ3v) is 5.92. The first-order valence-electron chi connectivity index (χ1n) is 9.95. The van der Waals surface area contributed by atoms with Crippen LogP contribution in [-0.2, 0) is 9.59 Å². The number of aromatic nitrogens is 1. The van der Waals surface area contributed by atoms with E-state index in [0.29, 0.717) is 27.6 Å². The monoisotopic (exact) mass is 448 g/mol. The molecule has 6 nitrogen and oxygen atoms in total. The zero-order chi connectivity index (χ0) is 23.0. The zero-order valence-corrected chi connectivity index (χ0v) is 18.6. The van der Waals surface area contributed by atoms with Crippen LogP contribution in [0.3, 0.4) is 0 Å². The molecule has 0 radical (unpaired) electrons. The normalized spacial score (nSPS) is 17.6. The van der Waals surface area contributed by atoms with E-state index in [0.717, 1.165) is 11.1 Å². The number of halogens is 1. The Morgan fingerprint density at radius 2 is 1.78 bits per heavy atom. The van der Waals surface area contributed by atoms with Crippen LogP contribution in [-0.4, -0.2) is 28.9 Å². The van der Waals surface area contributed by atoms with E-state index in [1.54, 1.807) is 54.9 Å². The van der Waals surface area contributed by atoms with Gasteiger partial charge >= 0.3 is 0 Å². The minimum absolute atomic E-state index is 0.0261. The van der Waals surface area contributed by atoms with E-state index in [-0.39, 0.29) is 11.3 Å². The summed E-state index contributed by atoms with van der Waals surface area (Å²) in [5.41, 5.74) is 3.11. The number of anilines is 1. The lowest BCUT2D eigenvalue weighted by Crippen LogP contribution is -2.29. The van der Waals surface area contributed by atoms with Crippen LogP contribution in [0.25, 0.3) is 5.76 Å². The Kier molecular flexibility index (Phi) is 5.72. The van der Waals surface area contributed by atoms with Crippen molar-refractivity contribution < 1.29 is 19.4 Å². The molecule has 32 heavy (non-hydrogen) atoms. The van der Waals surface area contributed by atoms with Crippen molar-refractivity contribution in [1.29, 1.82) is 0 Å². The van der Waals surface area contributed by atoms with Gasteiger partial charge in [-0.15, -0.1) is 0 Å². The van der Waals surface area contributed by atoms with E-state index in [4.69, 9.17) is 16.3 Å². The van der Waals surface area contributed by atoms with Crippen LogP contribution < -0.4 is 9.64 Å². The third kappa shape index (κ3) is 3.63. The molecule has 0 spiro atoms. The average molecular weight is 449 g/mol. The van der Waals surface area contributed by atoms with Crippen LogP contribution in [0.1, 0.15) is 28.3 Å². The maximum Gasteiger partial charge on any atom is 0.300 e. The molecule has 2 aromatic carbocycles. The molecule has 1 atom stereocenters. The molecular formula is C25H21ClN2O4. The summed E-state index contributed by atoms with van der Waals surface area (Å²) in [6.07, 6.45) is 3.15. The van der Waals surface area contributed by atoms with Crippen molar-refractivity contribution in [2.75, 3.05) is 12.0 Å². The van der Waals surface area contributed by atoms with Crippen molar-refractivity contribution in [2.24, 2.45) is 0 Å². The number of aryl methyl sites for hydroxylation is 2. The number of pyridine rings is 1. The lowest BCUT2D eigenvalue weighted by molar-refractivity contribution is -0.132. The molecule has 1 amide bonds. The highest BCUT2D eigenvalue weighted by atomic mass is 35.5. The Bertz CT molecular complexity index is 1250. The summed E-state index contributed by atoms with van der Waals surface area (Å²) in [5.74, 6) is -1.44. The van der Waals surface area contributed by atoms with Crippen molar-refractivity contribution >= 4 is 34.7 Å². The SMILES string of the molecule is COc1ccc(C)cc1/C(O)=C1\C(=O)C(=O)N(c2ccc(C)c(Cl)c2)C1c1ccncc1. The van der Waals surface area contributed by atoms with Gasteiger partial charge in [0, 0.05) is 23.1 Å². The van der Waals surface area contributed by atoms with E-state index in [1.807, 2.05) is 19.9 Å². The van der Waals surface area contributed by atoms with E-state index >= 15 is 0 Å². The Morgan fingerprint density at radius 1 is 1.06 bits per heavy atom. The number of methoxy groups -OCH3 is 1. The highest BCUT2D eigenvalue weighted by Crippen LogP contribution is 2.43. The minimum atomic E-state index is -0.859. The maximum absolute atomic E-state index is 13.2. The standard InChI is InChI=1S/C25H21ClN2O4/c1-14-4-7-20(32-3)18(12-14)23(29)21-22(16-8-10-27-11-9-16)28(25(31)24(21)30)17-6-5-15(2)19(26)13-17/h4-13,22,29H,1-3H3/b23-21+. The topological polar surface area (TPSA) is 79.7 Å². The van der Waals surface area contributed by atoms with Crippen molar-refractivity contribution in [1.82, 2.24) is 4.98 Å². The van der Waals surface area contributed by atoms with E-state index < -0.39 is 17.7 Å². The first-order valence-corrected chi connectivity index (χ1v) is 10.3. The first-order chi connectivity index (χ1) is 15.3. The molecule has 0 bridgehead atoms. The lowest BCUT2D eigenvalue weighted by atomic mass is 9.95. The molecule has 0 saturated carbocycles. The predicted molar refractivity (Wildman–Crippen MR) is 123 cm³/mol. The molecule has 1 fully saturated rings. The molecule has 4 rings (SSSR count). The number of nitrogens with zero attached hydrogens (tertiary/aromatic N) is 2. The number of rotatable bonds is 4. The Morgan fingerprint density at radius 3 is 2.44 bits per heavy atom. The van der Waals surface area contributed by atoms with E-state index in [2.05, 4.69) is 4.98 Å². The summed E-state index contributed by atoms with van der Waals surface area (Å²) in [6, 6.07) is 13.0. The number of Topliss-reactive ketones (excluding diaryl/α,β-unsaturated/α-hetero) is 1. The molecule has 1 aliphatic heterocycles. The van der Waals surface area contributed by atoms with Gasteiger partial charge in [-0.2, -0.15) is 0 Å². The number of carbonyl (C=O) groups excluding carboxylic acids is 2. The maximum atomic E-state index is 13.2. The summed E-state index contributed by atoms with van der Waals surface area (Å²) in [6.45, 7) is 3.72. The second-order valence-electron chi connectivity index (χ2n) is 7.59. The van der Waals surface area contributed by atoms with Crippen LogP contribution in [0.2, 0.25) is 5.02 Å². The molecule has 1 saturated heterocycles. The first kappa shape index (κ1) is 21.6. The number of aliphatic hydroxyl groups is 1. The Balaban J connectivity index is 1.98. The van der Waals surface area contributed by atoms with Gasteiger partial charge in [0.15, 0.2) is 0 Å². The number of hydrogen-bond acceptors (Lipinski definition) is 5. The lowest BCUT2D eigenvalue weighted by Gasteiger charge is -2.26. The van der Waals surface area contributed by atoms with Crippen molar-refractivity contribution in [3.05, 3.63) is 93.8 Å². The second-order valence-corrected chi connectivity index (χ2v) is 7.99. The predicted octanol–water partition coefficient (Wildman–Crippen LogP) is 4.99. The average Bonchev–Trinajstić information content (AvgIpc) is 3.06. The highest BCUT2D eigenvalue weighted by Gasteiger charge is 2.47. The zero-order valence-electron chi connectivity index (χ0n) is 17.8. The second kappa shape index (κ2) is 8.48. The van der Waals surface area contributed by atoms with Crippen LogP contribution in [0.5, 0.6) is 5.75 Å². The Labute approximate surface area is 190 Å². The molecule has 1 N–H and O–H groups in total. The molecular weight excluding hydrogens is 428 g/mol. The molecule has 0 aliphatic carbocycles. The van der Waals surface area contributed by atoms with Crippen LogP contribution >= 0.6 is 11.6 Å². The van der Waals surface area contributed by atoms with Crippen LogP contribution in [0.4, 0.5) is 5.69 Å². The number of carbonyl (C=O) groups is 2. The van der Waals surface area contributed by atoms with Crippen LogP contribution in [0, 0.1) is 13.8 Å². The Hall–Kier alpha value is -3.64.